The number of hydrogen-bond acceptors (Lipinski definition) is 5. The molecule has 1 heterocycles. The first-order valence-electron chi connectivity index (χ1n) is 10.0. The van der Waals surface area contributed by atoms with E-state index in [1.165, 1.54) is 17.5 Å². The quantitative estimate of drug-likeness (QED) is 0.719. The maximum atomic E-state index is 12.0. The number of aromatic nitrogens is 1. The highest BCUT2D eigenvalue weighted by Crippen LogP contribution is 2.31. The monoisotopic (exact) mass is 405 g/mol. The van der Waals surface area contributed by atoms with Crippen molar-refractivity contribution in [1.29, 1.82) is 0 Å². The average molecular weight is 406 g/mol. The van der Waals surface area contributed by atoms with Crippen LogP contribution >= 0.6 is 0 Å². The van der Waals surface area contributed by atoms with Gasteiger partial charge in [0.1, 0.15) is 0 Å². The molecule has 1 aromatic heterocycles. The molecule has 7 heteroatoms. The molecule has 2 N–H and O–H groups in total. The highest BCUT2D eigenvalue weighted by atomic mass is 32.2. The van der Waals surface area contributed by atoms with Crippen LogP contribution in [0.25, 0.3) is 11.3 Å². The van der Waals surface area contributed by atoms with Gasteiger partial charge in [-0.2, -0.15) is 0 Å². The van der Waals surface area contributed by atoms with Gasteiger partial charge in [-0.1, -0.05) is 0 Å². The molecule has 28 heavy (non-hydrogen) atoms. The van der Waals surface area contributed by atoms with E-state index in [0.29, 0.717) is 5.92 Å². The second-order valence-electron chi connectivity index (χ2n) is 8.09. The van der Waals surface area contributed by atoms with E-state index < -0.39 is 10.0 Å². The van der Waals surface area contributed by atoms with Gasteiger partial charge in [0.15, 0.2) is 12.2 Å². The fraction of sp³-hybridized carbons (Fsp3) is 0.571. The first kappa shape index (κ1) is 20.9. The van der Waals surface area contributed by atoms with Crippen molar-refractivity contribution in [2.45, 2.75) is 64.7 Å². The average Bonchev–Trinajstić information content (AvgIpc) is 3.18. The highest BCUT2D eigenvalue weighted by molar-refractivity contribution is 7.90. The maximum absolute atomic E-state index is 12.0. The SMILES string of the molecule is Cc1c(NC[C@H]2CC[C@H](NS(=O)(=O)C(C)C)CC2)ccc(-c2cnco2)c1C. The Labute approximate surface area is 168 Å². The zero-order valence-electron chi connectivity index (χ0n) is 17.2. The van der Waals surface area contributed by atoms with Gasteiger partial charge in [0.2, 0.25) is 10.0 Å². The minimum Gasteiger partial charge on any atom is -0.444 e. The molecular weight excluding hydrogens is 374 g/mol. The maximum Gasteiger partial charge on any atom is 0.214 e. The van der Waals surface area contributed by atoms with E-state index in [1.807, 2.05) is 0 Å². The Morgan fingerprint density at radius 2 is 1.86 bits per heavy atom. The number of nitrogens with zero attached hydrogens (tertiary/aromatic N) is 1. The summed E-state index contributed by atoms with van der Waals surface area (Å²) in [6.45, 7) is 8.57. The molecule has 0 bridgehead atoms. The van der Waals surface area contributed by atoms with Crippen LogP contribution in [-0.4, -0.2) is 31.2 Å². The Balaban J connectivity index is 1.54. The van der Waals surface area contributed by atoms with Crippen LogP contribution in [0.5, 0.6) is 0 Å². The second kappa shape index (κ2) is 8.66. The number of sulfonamides is 1. The minimum absolute atomic E-state index is 0.0776. The van der Waals surface area contributed by atoms with Gasteiger partial charge in [-0.05, 0) is 82.6 Å². The minimum atomic E-state index is -3.18. The molecule has 0 saturated heterocycles. The molecule has 0 unspecified atom stereocenters. The summed E-state index contributed by atoms with van der Waals surface area (Å²) < 4.78 is 32.4. The van der Waals surface area contributed by atoms with Gasteiger partial charge in [-0.25, -0.2) is 18.1 Å². The lowest BCUT2D eigenvalue weighted by molar-refractivity contribution is 0.323. The third kappa shape index (κ3) is 4.75. The molecule has 6 nitrogen and oxygen atoms in total. The lowest BCUT2D eigenvalue weighted by atomic mass is 9.86. The van der Waals surface area contributed by atoms with Crippen molar-refractivity contribution in [2.75, 3.05) is 11.9 Å². The number of benzene rings is 1. The molecule has 1 aliphatic rings. The zero-order valence-corrected chi connectivity index (χ0v) is 18.0. The lowest BCUT2D eigenvalue weighted by Crippen LogP contribution is -2.41. The van der Waals surface area contributed by atoms with E-state index in [9.17, 15) is 8.42 Å². The Kier molecular flexibility index (Phi) is 6.45. The predicted octanol–water partition coefficient (Wildman–Crippen LogP) is 4.26. The first-order valence-corrected chi connectivity index (χ1v) is 11.6. The van der Waals surface area contributed by atoms with Crippen molar-refractivity contribution in [3.8, 4) is 11.3 Å². The molecule has 0 amide bonds. The van der Waals surface area contributed by atoms with Gasteiger partial charge in [-0.3, -0.25) is 0 Å². The van der Waals surface area contributed by atoms with E-state index in [-0.39, 0.29) is 11.3 Å². The molecule has 0 aliphatic heterocycles. The second-order valence-corrected chi connectivity index (χ2v) is 10.4. The molecule has 1 aromatic carbocycles. The largest absolute Gasteiger partial charge is 0.444 e. The molecule has 1 fully saturated rings. The lowest BCUT2D eigenvalue weighted by Gasteiger charge is -2.30. The van der Waals surface area contributed by atoms with Gasteiger partial charge in [0, 0.05) is 23.8 Å². The summed E-state index contributed by atoms with van der Waals surface area (Å²) in [6.07, 6.45) is 7.06. The van der Waals surface area contributed by atoms with Crippen molar-refractivity contribution in [1.82, 2.24) is 9.71 Å². The number of rotatable bonds is 7. The Morgan fingerprint density at radius 1 is 1.14 bits per heavy atom. The van der Waals surface area contributed by atoms with Crippen LogP contribution in [0.15, 0.2) is 29.1 Å². The van der Waals surface area contributed by atoms with Crippen LogP contribution in [-0.2, 0) is 10.0 Å². The van der Waals surface area contributed by atoms with Crippen molar-refractivity contribution in [2.24, 2.45) is 5.92 Å². The molecule has 0 atom stereocenters. The van der Waals surface area contributed by atoms with E-state index in [2.05, 4.69) is 41.0 Å². The Morgan fingerprint density at radius 3 is 2.46 bits per heavy atom. The van der Waals surface area contributed by atoms with Crippen molar-refractivity contribution < 1.29 is 12.8 Å². The summed E-state index contributed by atoms with van der Waals surface area (Å²) in [5.74, 6) is 1.35. The molecule has 0 spiro atoms. The van der Waals surface area contributed by atoms with Crippen LogP contribution in [0, 0.1) is 19.8 Å². The molecular formula is C21H31N3O3S. The summed E-state index contributed by atoms with van der Waals surface area (Å²) in [5, 5.41) is 3.22. The van der Waals surface area contributed by atoms with Gasteiger partial charge >= 0.3 is 0 Å². The van der Waals surface area contributed by atoms with Crippen molar-refractivity contribution in [3.63, 3.8) is 0 Å². The van der Waals surface area contributed by atoms with Gasteiger partial charge in [-0.15, -0.1) is 0 Å². The van der Waals surface area contributed by atoms with E-state index >= 15 is 0 Å². The van der Waals surface area contributed by atoms with E-state index in [4.69, 9.17) is 4.42 Å². The number of hydrogen-bond donors (Lipinski definition) is 2. The third-order valence-corrected chi connectivity index (χ3v) is 7.77. The number of anilines is 1. The van der Waals surface area contributed by atoms with Crippen LogP contribution in [0.4, 0.5) is 5.69 Å². The van der Waals surface area contributed by atoms with Gasteiger partial charge < -0.3 is 9.73 Å². The highest BCUT2D eigenvalue weighted by Gasteiger charge is 2.26. The summed E-state index contributed by atoms with van der Waals surface area (Å²) in [6, 6.07) is 4.25. The van der Waals surface area contributed by atoms with E-state index in [1.54, 1.807) is 20.0 Å². The van der Waals surface area contributed by atoms with Crippen LogP contribution in [0.3, 0.4) is 0 Å². The summed E-state index contributed by atoms with van der Waals surface area (Å²) >= 11 is 0. The summed E-state index contributed by atoms with van der Waals surface area (Å²) in [4.78, 5) is 4.00. The molecule has 2 aromatic rings. The smallest absolute Gasteiger partial charge is 0.214 e. The fourth-order valence-electron chi connectivity index (χ4n) is 3.74. The zero-order chi connectivity index (χ0) is 20.3. The Hall–Kier alpha value is -1.86. The third-order valence-electron chi connectivity index (χ3n) is 5.86. The Bertz CT molecular complexity index is 884. The number of oxazole rings is 1. The predicted molar refractivity (Wildman–Crippen MR) is 113 cm³/mol. The molecule has 3 rings (SSSR count). The molecule has 0 radical (unpaired) electrons. The van der Waals surface area contributed by atoms with E-state index in [0.717, 1.165) is 49.2 Å². The molecule has 1 aliphatic carbocycles. The normalized spacial score (nSPS) is 20.5. The van der Waals surface area contributed by atoms with Crippen molar-refractivity contribution in [3.05, 3.63) is 35.9 Å². The van der Waals surface area contributed by atoms with Gasteiger partial charge in [0.05, 0.1) is 11.4 Å². The van der Waals surface area contributed by atoms with Crippen LogP contribution in [0.2, 0.25) is 0 Å². The number of nitrogens with one attached hydrogen (secondary N) is 2. The summed E-state index contributed by atoms with van der Waals surface area (Å²) in [5.41, 5.74) is 4.61. The van der Waals surface area contributed by atoms with Gasteiger partial charge in [0.25, 0.3) is 0 Å². The molecule has 154 valence electrons. The van der Waals surface area contributed by atoms with Crippen molar-refractivity contribution >= 4 is 15.7 Å². The molecule has 1 saturated carbocycles. The summed E-state index contributed by atoms with van der Waals surface area (Å²) in [7, 11) is -3.18. The van der Waals surface area contributed by atoms with Crippen LogP contribution < -0.4 is 10.0 Å². The topological polar surface area (TPSA) is 84.2 Å². The van der Waals surface area contributed by atoms with Crippen LogP contribution in [0.1, 0.15) is 50.7 Å². The first-order chi connectivity index (χ1) is 13.3. The standard InChI is InChI=1S/C21H31N3O3S/c1-14(2)28(25,26)24-18-7-5-17(6-8-18)11-23-20-10-9-19(15(3)16(20)4)21-12-22-13-27-21/h9-10,12-14,17-18,23-24H,5-8,11H2,1-4H3/t17-,18-. The fourth-order valence-corrected chi connectivity index (χ4v) is 4.71.